The maximum absolute atomic E-state index is 10.3. The Kier molecular flexibility index (Phi) is 8.29. The van der Waals surface area contributed by atoms with Crippen molar-refractivity contribution >= 4 is 27.9 Å². The number of methoxy groups -OCH3 is 1. The monoisotopic (exact) mass is 497 g/mol. The van der Waals surface area contributed by atoms with Gasteiger partial charge in [0.15, 0.2) is 16.7 Å². The van der Waals surface area contributed by atoms with Crippen molar-refractivity contribution < 1.29 is 32.1 Å². The largest absolute Gasteiger partial charge is 0.493 e. The first-order chi connectivity index (χ1) is 15.6. The molecule has 4 rings (SSSR count). The van der Waals surface area contributed by atoms with Gasteiger partial charge in [0.05, 0.1) is 31.6 Å². The van der Waals surface area contributed by atoms with Gasteiger partial charge in [-0.15, -0.1) is 0 Å². The van der Waals surface area contributed by atoms with Gasteiger partial charge in [0.25, 0.3) is 0 Å². The van der Waals surface area contributed by atoms with Crippen LogP contribution in [0, 0.1) is 0 Å². The number of aliphatic imine (C=N–C) groups is 1. The molecule has 180 valence electrons. The van der Waals surface area contributed by atoms with E-state index in [1.165, 1.54) is 11.8 Å². The maximum atomic E-state index is 10.3. The molecule has 1 aromatic carbocycles. The van der Waals surface area contributed by atoms with E-state index in [0.717, 1.165) is 46.1 Å². The zero-order valence-corrected chi connectivity index (χ0v) is 20.1. The van der Waals surface area contributed by atoms with Crippen LogP contribution >= 0.6 is 11.8 Å². The van der Waals surface area contributed by atoms with Crippen LogP contribution < -0.4 is 9.47 Å². The fraction of sp³-hybridized carbons (Fsp3) is 0.476. The third kappa shape index (κ3) is 6.42. The molecule has 1 aromatic heterocycles. The van der Waals surface area contributed by atoms with Crippen molar-refractivity contribution in [2.24, 2.45) is 4.99 Å². The van der Waals surface area contributed by atoms with Crippen molar-refractivity contribution in [1.29, 1.82) is 0 Å². The molecule has 0 unspecified atom stereocenters. The summed E-state index contributed by atoms with van der Waals surface area (Å²) in [5.74, 6) is 1.60. The van der Waals surface area contributed by atoms with Gasteiger partial charge in [-0.2, -0.15) is 8.42 Å². The van der Waals surface area contributed by atoms with Crippen LogP contribution in [0.5, 0.6) is 11.5 Å². The van der Waals surface area contributed by atoms with Crippen molar-refractivity contribution in [2.75, 3.05) is 20.0 Å². The predicted molar refractivity (Wildman–Crippen MR) is 124 cm³/mol. The number of benzene rings is 1. The van der Waals surface area contributed by atoms with E-state index in [4.69, 9.17) is 32.0 Å². The second-order valence-electron chi connectivity index (χ2n) is 7.55. The first-order valence-corrected chi connectivity index (χ1v) is 12.9. The highest BCUT2D eigenvalue weighted by atomic mass is 32.3. The summed E-state index contributed by atoms with van der Waals surface area (Å²) in [6.07, 6.45) is 7.71. The van der Waals surface area contributed by atoms with E-state index in [1.807, 2.05) is 31.6 Å². The summed E-state index contributed by atoms with van der Waals surface area (Å²) >= 11 is 1.52. The number of hydrogen-bond donors (Lipinski definition) is 3. The second kappa shape index (κ2) is 10.8. The van der Waals surface area contributed by atoms with Crippen LogP contribution in [0.1, 0.15) is 48.8 Å². The van der Waals surface area contributed by atoms with Crippen LogP contribution in [-0.2, 0) is 10.4 Å². The Labute approximate surface area is 197 Å². The van der Waals surface area contributed by atoms with Crippen molar-refractivity contribution in [3.05, 3.63) is 41.2 Å². The zero-order valence-electron chi connectivity index (χ0n) is 18.5. The molecule has 0 spiro atoms. The van der Waals surface area contributed by atoms with Crippen LogP contribution in [0.3, 0.4) is 0 Å². The standard InChI is InChI=1S/C21H25N3O3S.H2O4S/c1-4-27-19-8-14-15-7-13(25)5-6-17(15)24-20(16(14)9-18(19)26-2)12-10-22-21(28-3)23-11-12;1-5(2,3)4/h8-11,13,15,17,25H,4-7H2,1-3H3;(H2,1,2,3,4)/t13-,15-,17-;/m1./s1. The number of nitrogens with zero attached hydrogens (tertiary/aromatic N) is 3. The Morgan fingerprint density at radius 3 is 2.39 bits per heavy atom. The molecule has 0 amide bonds. The third-order valence-corrected chi connectivity index (χ3v) is 6.03. The Hall–Kier alpha value is -2.25. The van der Waals surface area contributed by atoms with Crippen LogP contribution in [0.25, 0.3) is 0 Å². The number of aliphatic hydroxyl groups excluding tert-OH is 1. The lowest BCUT2D eigenvalue weighted by atomic mass is 9.74. The van der Waals surface area contributed by atoms with Crippen LogP contribution in [0.15, 0.2) is 34.7 Å². The lowest BCUT2D eigenvalue weighted by Crippen LogP contribution is -2.34. The highest BCUT2D eigenvalue weighted by molar-refractivity contribution is 7.98. The molecule has 0 saturated heterocycles. The average Bonchev–Trinajstić information content (AvgIpc) is 2.77. The Morgan fingerprint density at radius 2 is 1.82 bits per heavy atom. The highest BCUT2D eigenvalue weighted by Gasteiger charge is 2.37. The molecule has 3 atom stereocenters. The molecule has 0 radical (unpaired) electrons. The number of aromatic nitrogens is 2. The molecule has 1 saturated carbocycles. The molecular weight excluding hydrogens is 470 g/mol. The molecule has 1 fully saturated rings. The minimum atomic E-state index is -4.67. The summed E-state index contributed by atoms with van der Waals surface area (Å²) in [6.45, 7) is 2.53. The van der Waals surface area contributed by atoms with Crippen LogP contribution in [0.4, 0.5) is 0 Å². The van der Waals surface area contributed by atoms with E-state index in [9.17, 15) is 5.11 Å². The molecule has 2 aromatic rings. The minimum absolute atomic E-state index is 0.147. The highest BCUT2D eigenvalue weighted by Crippen LogP contribution is 2.44. The van der Waals surface area contributed by atoms with E-state index in [1.54, 1.807) is 7.11 Å². The Balaban J connectivity index is 0.000000555. The number of fused-ring (bicyclic) bond motifs is 3. The first-order valence-electron chi connectivity index (χ1n) is 10.3. The topological polar surface area (TPSA) is 151 Å². The van der Waals surface area contributed by atoms with Crippen molar-refractivity contribution in [3.63, 3.8) is 0 Å². The number of aliphatic hydroxyl groups is 1. The number of ether oxygens (including phenoxy) is 2. The van der Waals surface area contributed by atoms with Gasteiger partial charge in [-0.05, 0) is 50.1 Å². The van der Waals surface area contributed by atoms with Gasteiger partial charge in [0, 0.05) is 29.4 Å². The van der Waals surface area contributed by atoms with Gasteiger partial charge in [-0.25, -0.2) is 9.97 Å². The third-order valence-electron chi connectivity index (χ3n) is 5.46. The van der Waals surface area contributed by atoms with Gasteiger partial charge in [0.1, 0.15) is 0 Å². The van der Waals surface area contributed by atoms with Gasteiger partial charge >= 0.3 is 10.4 Å². The van der Waals surface area contributed by atoms with Gasteiger partial charge < -0.3 is 14.6 Å². The van der Waals surface area contributed by atoms with E-state index in [-0.39, 0.29) is 18.1 Å². The van der Waals surface area contributed by atoms with E-state index in [2.05, 4.69) is 16.0 Å². The lowest BCUT2D eigenvalue weighted by molar-refractivity contribution is 0.111. The molecule has 3 N–H and O–H groups in total. The van der Waals surface area contributed by atoms with E-state index in [0.29, 0.717) is 18.8 Å². The van der Waals surface area contributed by atoms with E-state index >= 15 is 0 Å². The molecule has 1 aliphatic carbocycles. The van der Waals surface area contributed by atoms with Crippen molar-refractivity contribution in [3.8, 4) is 11.5 Å². The summed E-state index contributed by atoms with van der Waals surface area (Å²) < 4.78 is 43.0. The molecule has 12 heteroatoms. The molecule has 10 nitrogen and oxygen atoms in total. The van der Waals surface area contributed by atoms with Gasteiger partial charge in [-0.3, -0.25) is 14.1 Å². The SMILES string of the molecule is CCOc1cc2c(cc1OC)C(c1cnc(SC)nc1)=N[C@@H]1CC[C@@H](O)C[C@H]21.O=S(=O)(O)O. The van der Waals surface area contributed by atoms with Gasteiger partial charge in [0.2, 0.25) is 0 Å². The molecule has 1 aliphatic heterocycles. The van der Waals surface area contributed by atoms with E-state index < -0.39 is 10.4 Å². The lowest BCUT2D eigenvalue weighted by Gasteiger charge is -2.37. The summed E-state index contributed by atoms with van der Waals surface area (Å²) in [5.41, 5.74) is 3.96. The zero-order chi connectivity index (χ0) is 24.2. The number of rotatable bonds is 5. The molecule has 2 aliphatic rings. The molecule has 33 heavy (non-hydrogen) atoms. The molecule has 0 bridgehead atoms. The van der Waals surface area contributed by atoms with Crippen LogP contribution in [-0.4, -0.2) is 70.4 Å². The number of thioether (sulfide) groups is 1. The average molecular weight is 498 g/mol. The normalized spacial score (nSPS) is 21.6. The predicted octanol–water partition coefficient (Wildman–Crippen LogP) is 2.80. The smallest absolute Gasteiger partial charge is 0.394 e. The summed E-state index contributed by atoms with van der Waals surface area (Å²) in [6, 6.07) is 4.21. The van der Waals surface area contributed by atoms with Crippen molar-refractivity contribution in [1.82, 2.24) is 9.97 Å². The fourth-order valence-electron chi connectivity index (χ4n) is 4.15. The van der Waals surface area contributed by atoms with Gasteiger partial charge in [-0.1, -0.05) is 11.8 Å². The Bertz CT molecular complexity index is 1100. The maximum Gasteiger partial charge on any atom is 0.394 e. The number of hydrogen-bond acceptors (Lipinski definition) is 9. The molecular formula is C21H27N3O7S2. The second-order valence-corrected chi connectivity index (χ2v) is 9.22. The fourth-order valence-corrected chi connectivity index (χ4v) is 4.46. The van der Waals surface area contributed by atoms with Crippen LogP contribution in [0.2, 0.25) is 0 Å². The Morgan fingerprint density at radius 1 is 1.15 bits per heavy atom. The summed E-state index contributed by atoms with van der Waals surface area (Å²) in [5, 5.41) is 11.0. The minimum Gasteiger partial charge on any atom is -0.493 e. The summed E-state index contributed by atoms with van der Waals surface area (Å²) in [4.78, 5) is 13.9. The van der Waals surface area contributed by atoms with Crippen molar-refractivity contribution in [2.45, 2.75) is 49.4 Å². The summed E-state index contributed by atoms with van der Waals surface area (Å²) in [7, 11) is -3.02. The first kappa shape index (κ1) is 25.4. The quantitative estimate of drug-likeness (QED) is 0.319. The molecule has 2 heterocycles.